The molecule has 6 heteroatoms. The summed E-state index contributed by atoms with van der Waals surface area (Å²) in [5, 5.41) is 5.33. The van der Waals surface area contributed by atoms with Crippen molar-refractivity contribution in [3.63, 3.8) is 0 Å². The fourth-order valence-electron chi connectivity index (χ4n) is 2.46. The number of anilines is 1. The number of carbonyl (C=O) groups excluding carboxylic acids is 2. The molecule has 1 aliphatic heterocycles. The zero-order valence-electron chi connectivity index (χ0n) is 11.1. The second-order valence-electron chi connectivity index (χ2n) is 4.81. The third kappa shape index (κ3) is 2.28. The fraction of sp³-hybridized carbons (Fsp3) is 0.429. The molecule has 2 aliphatic rings. The van der Waals surface area contributed by atoms with Crippen LogP contribution in [0.3, 0.4) is 0 Å². The largest absolute Gasteiger partial charge is 0.372 e. The van der Waals surface area contributed by atoms with E-state index >= 15 is 0 Å². The topological polar surface area (TPSA) is 76.7 Å². The van der Waals surface area contributed by atoms with Crippen molar-refractivity contribution in [1.29, 1.82) is 0 Å². The Kier molecular flexibility index (Phi) is 3.42. The van der Waals surface area contributed by atoms with Gasteiger partial charge in [0.05, 0.1) is 42.6 Å². The van der Waals surface area contributed by atoms with Gasteiger partial charge in [0, 0.05) is 7.05 Å². The van der Waals surface area contributed by atoms with E-state index in [1.54, 1.807) is 31.3 Å². The van der Waals surface area contributed by atoms with Crippen LogP contribution in [0.25, 0.3) is 0 Å². The minimum Gasteiger partial charge on any atom is -0.372 e. The van der Waals surface area contributed by atoms with Gasteiger partial charge in [-0.15, -0.1) is 0 Å². The van der Waals surface area contributed by atoms with E-state index in [0.29, 0.717) is 24.5 Å². The molecule has 1 aromatic rings. The van der Waals surface area contributed by atoms with E-state index in [2.05, 4.69) is 10.6 Å². The van der Waals surface area contributed by atoms with Gasteiger partial charge in [0.2, 0.25) is 5.91 Å². The highest BCUT2D eigenvalue weighted by Gasteiger charge is 2.59. The first-order chi connectivity index (χ1) is 9.72. The second kappa shape index (κ2) is 5.22. The van der Waals surface area contributed by atoms with Crippen LogP contribution in [-0.2, 0) is 14.3 Å². The molecule has 2 fully saturated rings. The number of ether oxygens (including phenoxy) is 2. The summed E-state index contributed by atoms with van der Waals surface area (Å²) in [6.45, 7) is 1.06. The van der Waals surface area contributed by atoms with Gasteiger partial charge in [-0.25, -0.2) is 0 Å². The van der Waals surface area contributed by atoms with Gasteiger partial charge >= 0.3 is 0 Å². The van der Waals surface area contributed by atoms with Crippen molar-refractivity contribution in [2.45, 2.75) is 12.2 Å². The molecule has 1 aromatic carbocycles. The average Bonchev–Trinajstić information content (AvgIpc) is 3.21. The van der Waals surface area contributed by atoms with E-state index in [4.69, 9.17) is 9.47 Å². The predicted molar refractivity (Wildman–Crippen MR) is 71.4 cm³/mol. The Hall–Kier alpha value is -1.92. The lowest BCUT2D eigenvalue weighted by molar-refractivity contribution is -0.118. The molecule has 1 aliphatic carbocycles. The maximum Gasteiger partial charge on any atom is 0.253 e. The molecule has 1 saturated heterocycles. The summed E-state index contributed by atoms with van der Waals surface area (Å²) in [5.41, 5.74) is 0.939. The lowest BCUT2D eigenvalue weighted by atomic mass is 10.1. The van der Waals surface area contributed by atoms with E-state index in [-0.39, 0.29) is 29.9 Å². The van der Waals surface area contributed by atoms with Crippen molar-refractivity contribution in [2.24, 2.45) is 5.92 Å². The predicted octanol–water partition coefficient (Wildman–Crippen LogP) is 0.398. The Morgan fingerprint density at radius 1 is 1.15 bits per heavy atom. The summed E-state index contributed by atoms with van der Waals surface area (Å²) < 4.78 is 10.9. The number of amides is 2. The summed E-state index contributed by atoms with van der Waals surface area (Å²) in [6, 6.07) is 6.90. The number of rotatable bonds is 3. The molecule has 3 rings (SSSR count). The molecule has 1 heterocycles. The molecule has 0 aromatic heterocycles. The first-order valence-electron chi connectivity index (χ1n) is 6.57. The van der Waals surface area contributed by atoms with Crippen LogP contribution in [0.2, 0.25) is 0 Å². The normalized spacial score (nSPS) is 27.4. The number of nitrogens with one attached hydrogen (secondary N) is 2. The summed E-state index contributed by atoms with van der Waals surface area (Å²) in [7, 11) is 1.55. The average molecular weight is 276 g/mol. The fourth-order valence-corrected chi connectivity index (χ4v) is 2.46. The van der Waals surface area contributed by atoms with Gasteiger partial charge in [-0.1, -0.05) is 12.1 Å². The highest BCUT2D eigenvalue weighted by atomic mass is 16.6. The van der Waals surface area contributed by atoms with Gasteiger partial charge in [0.1, 0.15) is 0 Å². The summed E-state index contributed by atoms with van der Waals surface area (Å²) in [4.78, 5) is 23.9. The van der Waals surface area contributed by atoms with Gasteiger partial charge in [0.15, 0.2) is 0 Å². The molecule has 1 saturated carbocycles. The maximum atomic E-state index is 12.2. The van der Waals surface area contributed by atoms with Crippen molar-refractivity contribution in [3.05, 3.63) is 29.8 Å². The van der Waals surface area contributed by atoms with E-state index < -0.39 is 0 Å². The second-order valence-corrected chi connectivity index (χ2v) is 4.81. The van der Waals surface area contributed by atoms with Crippen molar-refractivity contribution in [2.75, 3.05) is 25.6 Å². The van der Waals surface area contributed by atoms with Crippen LogP contribution in [0.15, 0.2) is 24.3 Å². The smallest absolute Gasteiger partial charge is 0.253 e. The van der Waals surface area contributed by atoms with E-state index in [0.717, 1.165) is 0 Å². The number of hydrogen-bond donors (Lipinski definition) is 2. The molecule has 0 spiro atoms. The van der Waals surface area contributed by atoms with Crippen LogP contribution in [0.5, 0.6) is 0 Å². The first kappa shape index (κ1) is 13.1. The van der Waals surface area contributed by atoms with Gasteiger partial charge in [-0.05, 0) is 12.1 Å². The zero-order valence-corrected chi connectivity index (χ0v) is 11.1. The van der Waals surface area contributed by atoms with Crippen LogP contribution in [-0.4, -0.2) is 44.3 Å². The molecule has 2 unspecified atom stereocenters. The molecule has 2 amide bonds. The van der Waals surface area contributed by atoms with Crippen molar-refractivity contribution in [3.8, 4) is 0 Å². The highest BCUT2D eigenvalue weighted by Crippen LogP contribution is 2.40. The Morgan fingerprint density at radius 3 is 2.45 bits per heavy atom. The van der Waals surface area contributed by atoms with Crippen LogP contribution >= 0.6 is 0 Å². The molecule has 2 atom stereocenters. The van der Waals surface area contributed by atoms with Crippen LogP contribution in [0.1, 0.15) is 10.4 Å². The van der Waals surface area contributed by atoms with Crippen LogP contribution in [0, 0.1) is 5.92 Å². The summed E-state index contributed by atoms with van der Waals surface area (Å²) in [6.07, 6.45) is -0.285. The van der Waals surface area contributed by atoms with Gasteiger partial charge in [0.25, 0.3) is 5.91 Å². The van der Waals surface area contributed by atoms with Crippen LogP contribution < -0.4 is 10.6 Å². The minimum absolute atomic E-state index is 0.143. The summed E-state index contributed by atoms with van der Waals surface area (Å²) in [5.74, 6) is -0.685. The van der Waals surface area contributed by atoms with Crippen molar-refractivity contribution in [1.82, 2.24) is 5.32 Å². The SMILES string of the molecule is CNC(=O)c1ccccc1NC(=O)C1C2OCCOC21. The number of fused-ring (bicyclic) bond motifs is 1. The lowest BCUT2D eigenvalue weighted by Crippen LogP contribution is -2.23. The van der Waals surface area contributed by atoms with Gasteiger partial charge in [-0.3, -0.25) is 9.59 Å². The van der Waals surface area contributed by atoms with E-state index in [1.807, 2.05) is 0 Å². The lowest BCUT2D eigenvalue weighted by Gasteiger charge is -2.09. The molecule has 6 nitrogen and oxygen atoms in total. The number of benzene rings is 1. The number of para-hydroxylation sites is 1. The number of hydrogen-bond acceptors (Lipinski definition) is 4. The molecular weight excluding hydrogens is 260 g/mol. The monoisotopic (exact) mass is 276 g/mol. The molecule has 0 radical (unpaired) electrons. The highest BCUT2D eigenvalue weighted by molar-refractivity contribution is 6.04. The Bertz CT molecular complexity index is 534. The minimum atomic E-state index is -0.282. The van der Waals surface area contributed by atoms with Gasteiger partial charge < -0.3 is 20.1 Å². The van der Waals surface area contributed by atoms with Gasteiger partial charge in [-0.2, -0.15) is 0 Å². The maximum absolute atomic E-state index is 12.2. The number of carbonyl (C=O) groups is 2. The van der Waals surface area contributed by atoms with Crippen molar-refractivity contribution >= 4 is 17.5 Å². The van der Waals surface area contributed by atoms with Crippen molar-refractivity contribution < 1.29 is 19.1 Å². The Labute approximate surface area is 116 Å². The molecular formula is C14H16N2O4. The molecule has 2 N–H and O–H groups in total. The third-order valence-corrected chi connectivity index (χ3v) is 3.55. The Balaban J connectivity index is 1.72. The quantitative estimate of drug-likeness (QED) is 0.837. The van der Waals surface area contributed by atoms with E-state index in [1.165, 1.54) is 0 Å². The summed E-state index contributed by atoms with van der Waals surface area (Å²) >= 11 is 0. The first-order valence-corrected chi connectivity index (χ1v) is 6.57. The van der Waals surface area contributed by atoms with E-state index in [9.17, 15) is 9.59 Å². The third-order valence-electron chi connectivity index (χ3n) is 3.55. The Morgan fingerprint density at radius 2 is 1.80 bits per heavy atom. The standard InChI is InChI=1S/C14H16N2O4/c1-15-13(17)8-4-2-3-5-9(8)16-14(18)10-11-12(10)20-7-6-19-11/h2-5,10-12H,6-7H2,1H3,(H,15,17)(H,16,18). The molecule has 106 valence electrons. The van der Waals surface area contributed by atoms with Crippen LogP contribution in [0.4, 0.5) is 5.69 Å². The molecule has 20 heavy (non-hydrogen) atoms. The zero-order chi connectivity index (χ0) is 14.1. The molecule has 0 bridgehead atoms.